The Labute approximate surface area is 35.4 Å². The van der Waals surface area contributed by atoms with Crippen LogP contribution in [0.4, 0.5) is 0 Å². The van der Waals surface area contributed by atoms with Crippen molar-refractivity contribution in [3.63, 3.8) is 0 Å². The van der Waals surface area contributed by atoms with Gasteiger partial charge in [-0.05, 0) is 5.73 Å². The summed E-state index contributed by atoms with van der Waals surface area (Å²) in [5.41, 5.74) is 1.96. The molecule has 0 aromatic heterocycles. The van der Waals surface area contributed by atoms with Crippen LogP contribution in [0.25, 0.3) is 0 Å². The predicted octanol–water partition coefficient (Wildman–Crippen LogP) is 0.0636. The first-order valence-corrected chi connectivity index (χ1v) is 1.33. The van der Waals surface area contributed by atoms with Gasteiger partial charge in [0.2, 0.25) is 0 Å². The summed E-state index contributed by atoms with van der Waals surface area (Å²) in [6.07, 6.45) is 1.06. The molecule has 0 amide bonds. The van der Waals surface area contributed by atoms with E-state index in [1.807, 2.05) is 5.73 Å². The fourth-order valence-electron chi connectivity index (χ4n) is 0.0713. The van der Waals surface area contributed by atoms with Gasteiger partial charge in [0.15, 0.2) is 5.94 Å². The van der Waals surface area contributed by atoms with Crippen molar-refractivity contribution in [2.45, 2.75) is 0 Å². The molecule has 0 bridgehead atoms. The van der Waals surface area contributed by atoms with Gasteiger partial charge < -0.3 is 5.11 Å². The van der Waals surface area contributed by atoms with Crippen LogP contribution in [0.1, 0.15) is 0 Å². The minimum Gasteiger partial charge on any atom is -0.385 e. The van der Waals surface area contributed by atoms with E-state index >= 15 is 0 Å². The predicted molar refractivity (Wildman–Crippen MR) is 20.0 cm³/mol. The molecule has 0 atom stereocenters. The molecule has 6 heavy (non-hydrogen) atoms. The van der Waals surface area contributed by atoms with Crippen LogP contribution >= 0.6 is 0 Å². The molecule has 1 radical (unpaired) electrons. The number of aliphatic hydroxyl groups excluding tert-OH is 1. The summed E-state index contributed by atoms with van der Waals surface area (Å²) in [4.78, 5) is 9.17. The van der Waals surface area contributed by atoms with Crippen molar-refractivity contribution in [2.75, 3.05) is 0 Å². The average Bonchev–Trinajstić information content (AvgIpc) is 1.61. The molecule has 1 N–H and O–H groups in total. The van der Waals surface area contributed by atoms with Crippen LogP contribution in [0.15, 0.2) is 11.8 Å². The summed E-state index contributed by atoms with van der Waals surface area (Å²) in [5.74, 6) is 1.32. The Morgan fingerprint density at radius 1 is 1.67 bits per heavy atom. The molecule has 2 nitrogen and oxygen atoms in total. The minimum absolute atomic E-state index is 0.713. The molecule has 31 valence electrons. The average molecular weight is 83.1 g/mol. The highest BCUT2D eigenvalue weighted by Crippen LogP contribution is 1.60. The summed E-state index contributed by atoms with van der Waals surface area (Å²) in [5, 5.41) is 7.78. The number of hydrogen-bond donors (Lipinski definition) is 1. The van der Waals surface area contributed by atoms with Crippen molar-refractivity contribution in [1.82, 2.24) is 0 Å². The van der Waals surface area contributed by atoms with Crippen molar-refractivity contribution >= 4 is 5.94 Å². The second-order valence-corrected chi connectivity index (χ2v) is 0.562. The van der Waals surface area contributed by atoms with E-state index in [-0.39, 0.29) is 0 Å². The smallest absolute Gasteiger partial charge is 0.176 e. The van der Waals surface area contributed by atoms with Crippen LogP contribution in [-0.2, 0) is 4.79 Å². The quantitative estimate of drug-likeness (QED) is 0.359. The van der Waals surface area contributed by atoms with Crippen molar-refractivity contribution in [2.24, 2.45) is 0 Å². The van der Waals surface area contributed by atoms with E-state index in [9.17, 15) is 0 Å². The Bertz CT molecular complexity index is 94.1. The normalized spacial score (nSPS) is 5.50. The first-order valence-electron chi connectivity index (χ1n) is 1.33. The van der Waals surface area contributed by atoms with E-state index in [4.69, 9.17) is 9.90 Å². The van der Waals surface area contributed by atoms with Crippen molar-refractivity contribution in [1.29, 1.82) is 0 Å². The number of rotatable bonds is 1. The molecule has 0 spiro atoms. The molecule has 0 aliphatic rings. The van der Waals surface area contributed by atoms with Crippen LogP contribution in [0.2, 0.25) is 0 Å². The Kier molecular flexibility index (Phi) is 3.62. The third-order valence-electron chi connectivity index (χ3n) is 0.217. The number of hydrogen-bond acceptors (Lipinski definition) is 2. The van der Waals surface area contributed by atoms with Gasteiger partial charge in [0.25, 0.3) is 0 Å². The minimum atomic E-state index is 0.713. The molecule has 0 fully saturated rings. The first kappa shape index (κ1) is 5.19. The Morgan fingerprint density at radius 3 is 2.50 bits per heavy atom. The van der Waals surface area contributed by atoms with Crippen LogP contribution in [0.5, 0.6) is 0 Å². The van der Waals surface area contributed by atoms with Crippen molar-refractivity contribution < 1.29 is 9.90 Å². The maximum absolute atomic E-state index is 9.17. The lowest BCUT2D eigenvalue weighted by Gasteiger charge is -1.58. The van der Waals surface area contributed by atoms with Crippen LogP contribution in [-0.4, -0.2) is 11.0 Å². The molecule has 0 aromatic carbocycles. The summed E-state index contributed by atoms with van der Waals surface area (Å²) in [6, 6.07) is 0. The zero-order valence-corrected chi connectivity index (χ0v) is 3.01. The van der Waals surface area contributed by atoms with Crippen molar-refractivity contribution in [3.05, 3.63) is 18.4 Å². The molecule has 0 aromatic rings. The SMILES string of the molecule is O=C=C=C[CH]O. The topological polar surface area (TPSA) is 37.3 Å². The van der Waals surface area contributed by atoms with Gasteiger partial charge in [-0.15, -0.1) is 0 Å². The summed E-state index contributed by atoms with van der Waals surface area (Å²) < 4.78 is 0. The van der Waals surface area contributed by atoms with Crippen LogP contribution < -0.4 is 0 Å². The number of aliphatic hydroxyl groups is 1. The second kappa shape index (κ2) is 4.19. The van der Waals surface area contributed by atoms with Gasteiger partial charge in [-0.2, -0.15) is 0 Å². The molecule has 0 aliphatic heterocycles. The highest BCUT2D eigenvalue weighted by atomic mass is 16.2. The lowest BCUT2D eigenvalue weighted by molar-refractivity contribution is 0.421. The van der Waals surface area contributed by atoms with Gasteiger partial charge >= 0.3 is 0 Å². The molecular formula is C4H3O2. The Hall–Kier alpha value is -0.810. The monoisotopic (exact) mass is 83.0 g/mol. The standard InChI is InChI=1S/C4H3O2/c5-3-1-2-4-6/h1,3,5H. The molecular weight excluding hydrogens is 80.0 g/mol. The van der Waals surface area contributed by atoms with E-state index in [0.29, 0.717) is 6.61 Å². The molecule has 0 saturated heterocycles. The van der Waals surface area contributed by atoms with E-state index in [2.05, 4.69) is 0 Å². The number of carbonyl (C=O) groups excluding carboxylic acids is 1. The summed E-state index contributed by atoms with van der Waals surface area (Å²) in [6.45, 7) is 0.713. The highest BCUT2D eigenvalue weighted by molar-refractivity contribution is 5.43. The molecule has 0 aliphatic carbocycles. The lowest BCUT2D eigenvalue weighted by Crippen LogP contribution is -1.53. The van der Waals surface area contributed by atoms with Crippen LogP contribution in [0, 0.1) is 6.61 Å². The van der Waals surface area contributed by atoms with Gasteiger partial charge in [0, 0.05) is 6.08 Å². The lowest BCUT2D eigenvalue weighted by atomic mass is 10.6. The zero-order valence-electron chi connectivity index (χ0n) is 3.01. The first-order chi connectivity index (χ1) is 2.91. The molecule has 0 unspecified atom stereocenters. The van der Waals surface area contributed by atoms with E-state index in [0.717, 1.165) is 6.08 Å². The zero-order chi connectivity index (χ0) is 4.83. The van der Waals surface area contributed by atoms with Crippen molar-refractivity contribution in [3.8, 4) is 0 Å². The third-order valence-corrected chi connectivity index (χ3v) is 0.217. The second-order valence-electron chi connectivity index (χ2n) is 0.562. The van der Waals surface area contributed by atoms with Crippen LogP contribution in [0.3, 0.4) is 0 Å². The molecule has 0 heterocycles. The molecule has 2 heteroatoms. The Morgan fingerprint density at radius 2 is 2.33 bits per heavy atom. The fourth-order valence-corrected chi connectivity index (χ4v) is 0.0713. The molecule has 0 saturated carbocycles. The highest BCUT2D eigenvalue weighted by Gasteiger charge is 1.55. The van der Waals surface area contributed by atoms with Gasteiger partial charge in [-0.25, -0.2) is 4.79 Å². The maximum atomic E-state index is 9.17. The van der Waals surface area contributed by atoms with E-state index < -0.39 is 0 Å². The van der Waals surface area contributed by atoms with Gasteiger partial charge in [-0.1, -0.05) is 0 Å². The Balaban J connectivity index is 3.47. The van der Waals surface area contributed by atoms with E-state index in [1.54, 1.807) is 0 Å². The molecule has 0 rings (SSSR count). The maximum Gasteiger partial charge on any atom is 0.176 e. The van der Waals surface area contributed by atoms with E-state index in [1.165, 1.54) is 5.94 Å². The largest absolute Gasteiger partial charge is 0.385 e. The van der Waals surface area contributed by atoms with Gasteiger partial charge in [0.1, 0.15) is 6.61 Å². The summed E-state index contributed by atoms with van der Waals surface area (Å²) in [7, 11) is 0. The fraction of sp³-hybridized carbons (Fsp3) is 0. The third kappa shape index (κ3) is 3.19. The van der Waals surface area contributed by atoms with Gasteiger partial charge in [0.05, 0.1) is 0 Å². The van der Waals surface area contributed by atoms with Gasteiger partial charge in [-0.3, -0.25) is 0 Å². The summed E-state index contributed by atoms with van der Waals surface area (Å²) >= 11 is 0.